The van der Waals surface area contributed by atoms with Crippen molar-refractivity contribution in [3.05, 3.63) is 65.8 Å². The Balaban J connectivity index is 2.04. The van der Waals surface area contributed by atoms with Crippen LogP contribution >= 0.6 is 0 Å². The van der Waals surface area contributed by atoms with E-state index in [0.29, 0.717) is 62.8 Å². The second-order valence-corrected chi connectivity index (χ2v) is 10.5. The average molecular weight is 542 g/mol. The molecule has 2 aliphatic carbocycles. The van der Waals surface area contributed by atoms with Crippen LogP contribution in [0.5, 0.6) is 17.2 Å². The van der Waals surface area contributed by atoms with Crippen LogP contribution in [0.1, 0.15) is 43.4 Å². The molecule has 0 saturated heterocycles. The molecule has 0 unspecified atom stereocenters. The number of aliphatic hydroxyl groups is 1. The zero-order chi connectivity index (χ0) is 28.5. The van der Waals surface area contributed by atoms with Crippen molar-refractivity contribution in [2.45, 2.75) is 39.5 Å². The number of rotatable bonds is 7. The number of hydrogen-bond donors (Lipinski definition) is 3. The van der Waals surface area contributed by atoms with Crippen molar-refractivity contribution in [2.24, 2.45) is 0 Å². The van der Waals surface area contributed by atoms with E-state index in [1.165, 1.54) is 33.5 Å². The molecule has 0 spiro atoms. The minimum absolute atomic E-state index is 0.0998. The molecule has 0 heterocycles. The predicted octanol–water partition coefficient (Wildman–Crippen LogP) is 4.67. The molecule has 0 aliphatic heterocycles. The summed E-state index contributed by atoms with van der Waals surface area (Å²) in [5.74, 6) is 0.545. The van der Waals surface area contributed by atoms with Gasteiger partial charge in [0.1, 0.15) is 17.3 Å². The zero-order valence-electron chi connectivity index (χ0n) is 23.2. The van der Waals surface area contributed by atoms with Crippen LogP contribution in [0.25, 0.3) is 44.2 Å². The number of unbranched alkanes of at least 4 members (excludes halogenated alkanes) is 1. The zero-order valence-corrected chi connectivity index (χ0v) is 23.2. The summed E-state index contributed by atoms with van der Waals surface area (Å²) >= 11 is 0. The van der Waals surface area contributed by atoms with Crippen LogP contribution in [0.15, 0.2) is 33.1 Å². The molecule has 6 rings (SSSR count). The number of phenols is 1. The first-order chi connectivity index (χ1) is 19.3. The Morgan fingerprint density at radius 1 is 0.875 bits per heavy atom. The van der Waals surface area contributed by atoms with Gasteiger partial charge >= 0.3 is 0 Å². The summed E-state index contributed by atoms with van der Waals surface area (Å²) in [7, 11) is 4.43. The first kappa shape index (κ1) is 25.8. The van der Waals surface area contributed by atoms with Gasteiger partial charge in [0.05, 0.1) is 37.6 Å². The third-order valence-electron chi connectivity index (χ3n) is 8.15. The fourth-order valence-electron chi connectivity index (χ4n) is 6.49. The van der Waals surface area contributed by atoms with Gasteiger partial charge in [-0.1, -0.05) is 25.0 Å². The average Bonchev–Trinajstić information content (AvgIpc) is 3.17. The van der Waals surface area contributed by atoms with Gasteiger partial charge in [0.25, 0.3) is 0 Å². The van der Waals surface area contributed by atoms with Gasteiger partial charge < -0.3 is 29.7 Å². The monoisotopic (exact) mass is 541 g/mol. The molecule has 0 radical (unpaired) electrons. The number of benzene rings is 4. The minimum Gasteiger partial charge on any atom is -0.507 e. The number of aliphatic hydroxyl groups excluding tert-OH is 1. The number of fused-ring (bicyclic) bond motifs is 1. The molecule has 0 fully saturated rings. The molecular formula is C32H31NO7. The van der Waals surface area contributed by atoms with Crippen LogP contribution in [0, 0.1) is 0 Å². The number of ether oxygens (including phenoxy) is 3. The van der Waals surface area contributed by atoms with Crippen LogP contribution in [0.4, 0.5) is 5.69 Å². The third kappa shape index (κ3) is 3.38. The van der Waals surface area contributed by atoms with Crippen LogP contribution < -0.4 is 30.9 Å². The van der Waals surface area contributed by atoms with Gasteiger partial charge in [0, 0.05) is 52.2 Å². The standard InChI is InChI=1S/C32H31NO7/c1-6-7-8-33-29-17-9-14(2)10-18-25-23-16(11-15(38-3)12-19(34)26(23)31(37)32(18)40-5)22-21(39-4)13-20(35)27(30(29)36)28(22)24(17)25/h10,12-13,33-34,36H,6-9,11H2,1-5H3. The number of phenolic OH excluding ortho intramolecular Hbond substituents is 1. The second-order valence-electron chi connectivity index (χ2n) is 10.5. The lowest BCUT2D eigenvalue weighted by molar-refractivity contribution is 0.283. The van der Waals surface area contributed by atoms with Crippen LogP contribution in [-0.4, -0.2) is 38.1 Å². The fraction of sp³-hybridized carbons (Fsp3) is 0.312. The van der Waals surface area contributed by atoms with Gasteiger partial charge in [-0.3, -0.25) is 9.59 Å². The normalized spacial score (nSPS) is 14.4. The fourth-order valence-corrected chi connectivity index (χ4v) is 6.49. The van der Waals surface area contributed by atoms with E-state index in [9.17, 15) is 19.8 Å². The van der Waals surface area contributed by atoms with Crippen molar-refractivity contribution in [3.8, 4) is 17.2 Å². The molecule has 0 bridgehead atoms. The van der Waals surface area contributed by atoms with E-state index in [4.69, 9.17) is 14.2 Å². The number of anilines is 1. The predicted molar refractivity (Wildman–Crippen MR) is 158 cm³/mol. The number of methoxy groups -OCH3 is 3. The maximum absolute atomic E-state index is 14.0. The molecule has 0 aromatic heterocycles. The number of hydrogen-bond acceptors (Lipinski definition) is 8. The topological polar surface area (TPSA) is 114 Å². The van der Waals surface area contributed by atoms with E-state index < -0.39 is 5.43 Å². The van der Waals surface area contributed by atoms with Crippen molar-refractivity contribution >= 4 is 49.8 Å². The smallest absolute Gasteiger partial charge is 0.232 e. The Morgan fingerprint density at radius 2 is 1.65 bits per heavy atom. The van der Waals surface area contributed by atoms with Gasteiger partial charge in [-0.15, -0.1) is 0 Å². The summed E-state index contributed by atoms with van der Waals surface area (Å²) in [6.07, 6.45) is 5.91. The van der Waals surface area contributed by atoms with E-state index in [0.717, 1.165) is 29.4 Å². The molecular weight excluding hydrogens is 510 g/mol. The first-order valence-corrected chi connectivity index (χ1v) is 13.4. The van der Waals surface area contributed by atoms with Gasteiger partial charge in [-0.2, -0.15) is 0 Å². The Kier molecular flexibility index (Phi) is 6.02. The number of allylic oxidation sites excluding steroid dienone is 2. The molecule has 0 saturated carbocycles. The highest BCUT2D eigenvalue weighted by Gasteiger charge is 2.32. The van der Waals surface area contributed by atoms with Gasteiger partial charge in [0.15, 0.2) is 16.9 Å². The molecule has 0 amide bonds. The van der Waals surface area contributed by atoms with E-state index in [1.54, 1.807) is 0 Å². The summed E-state index contributed by atoms with van der Waals surface area (Å²) in [4.78, 5) is 27.6. The Bertz CT molecular complexity index is 1990. The van der Waals surface area contributed by atoms with E-state index in [1.807, 2.05) is 13.0 Å². The van der Waals surface area contributed by atoms with Crippen LogP contribution in [0.3, 0.4) is 0 Å². The SMILES string of the molecule is CCCCNc1c(O)c2c(=O)cc(OC)c3c4c5c(c(=O)c(OC)c6c5c(c1CC(C)=C6)c32)=C(O)C=C(OC)C4. The molecule has 2 aliphatic rings. The highest BCUT2D eigenvalue weighted by atomic mass is 16.5. The van der Waals surface area contributed by atoms with Crippen molar-refractivity contribution < 1.29 is 24.4 Å². The largest absolute Gasteiger partial charge is 0.507 e. The minimum atomic E-state index is -0.438. The molecule has 3 N–H and O–H groups in total. The lowest BCUT2D eigenvalue weighted by Crippen LogP contribution is -2.30. The maximum atomic E-state index is 14.0. The summed E-state index contributed by atoms with van der Waals surface area (Å²) in [5.41, 5.74) is 2.71. The van der Waals surface area contributed by atoms with Crippen molar-refractivity contribution in [2.75, 3.05) is 33.2 Å². The Morgan fingerprint density at radius 3 is 2.33 bits per heavy atom. The van der Waals surface area contributed by atoms with E-state index in [-0.39, 0.29) is 39.7 Å². The maximum Gasteiger partial charge on any atom is 0.232 e. The third-order valence-corrected chi connectivity index (χ3v) is 8.15. The van der Waals surface area contributed by atoms with Gasteiger partial charge in [-0.05, 0) is 36.3 Å². The summed E-state index contributed by atoms with van der Waals surface area (Å²) in [6.45, 7) is 4.67. The van der Waals surface area contributed by atoms with Crippen molar-refractivity contribution in [1.29, 1.82) is 0 Å². The summed E-state index contributed by atoms with van der Waals surface area (Å²) < 4.78 is 17.1. The molecule has 0 atom stereocenters. The summed E-state index contributed by atoms with van der Waals surface area (Å²) in [5, 5.41) is 29.8. The molecule has 4 aromatic carbocycles. The number of nitrogens with one attached hydrogen (secondary N) is 1. The van der Waals surface area contributed by atoms with E-state index in [2.05, 4.69) is 12.2 Å². The first-order valence-electron chi connectivity index (χ1n) is 13.4. The Labute approximate surface area is 230 Å². The molecule has 8 nitrogen and oxygen atoms in total. The highest BCUT2D eigenvalue weighted by molar-refractivity contribution is 6.30. The number of aromatic hydroxyl groups is 1. The van der Waals surface area contributed by atoms with Crippen LogP contribution in [-0.2, 0) is 17.6 Å². The van der Waals surface area contributed by atoms with Crippen molar-refractivity contribution in [1.82, 2.24) is 0 Å². The molecule has 40 heavy (non-hydrogen) atoms. The highest BCUT2D eigenvalue weighted by Crippen LogP contribution is 2.51. The Hall–Kier alpha value is -4.46. The van der Waals surface area contributed by atoms with Gasteiger partial charge in [0.2, 0.25) is 5.43 Å². The van der Waals surface area contributed by atoms with Gasteiger partial charge in [-0.25, -0.2) is 0 Å². The summed E-state index contributed by atoms with van der Waals surface area (Å²) in [6, 6.07) is 1.38. The molecule has 206 valence electrons. The van der Waals surface area contributed by atoms with Crippen LogP contribution in [0.2, 0.25) is 0 Å². The lowest BCUT2D eigenvalue weighted by atomic mass is 9.83. The molecule has 4 aromatic rings. The molecule has 8 heteroatoms. The second kappa shape index (κ2) is 9.33. The lowest BCUT2D eigenvalue weighted by Gasteiger charge is -2.23. The van der Waals surface area contributed by atoms with Crippen molar-refractivity contribution in [3.63, 3.8) is 0 Å². The quantitative estimate of drug-likeness (QED) is 0.134. The van der Waals surface area contributed by atoms with E-state index >= 15 is 0 Å².